The van der Waals surface area contributed by atoms with Crippen molar-refractivity contribution < 1.29 is 9.53 Å². The highest BCUT2D eigenvalue weighted by atomic mass is 16.5. The molecule has 1 N–H and O–H groups in total. The van der Waals surface area contributed by atoms with Crippen LogP contribution < -0.4 is 5.32 Å². The van der Waals surface area contributed by atoms with Crippen LogP contribution in [0, 0.1) is 17.3 Å². The van der Waals surface area contributed by atoms with Gasteiger partial charge in [0.2, 0.25) is 5.91 Å². The zero-order valence-electron chi connectivity index (χ0n) is 12.7. The summed E-state index contributed by atoms with van der Waals surface area (Å²) in [5.74, 6) is 1.55. The maximum atomic E-state index is 13.2. The van der Waals surface area contributed by atoms with Gasteiger partial charge in [-0.2, -0.15) is 0 Å². The Bertz CT molecular complexity index is 358. The molecular weight excluding hydrogens is 252 g/mol. The van der Waals surface area contributed by atoms with Crippen LogP contribution in [0.15, 0.2) is 0 Å². The average molecular weight is 280 g/mol. The van der Waals surface area contributed by atoms with Gasteiger partial charge in [-0.25, -0.2) is 0 Å². The first-order valence-electron chi connectivity index (χ1n) is 8.25. The van der Waals surface area contributed by atoms with Gasteiger partial charge < -0.3 is 15.0 Å². The fraction of sp³-hybridized carbons (Fsp3) is 0.938. The lowest BCUT2D eigenvalue weighted by molar-refractivity contribution is -0.147. The van der Waals surface area contributed by atoms with E-state index in [1.54, 1.807) is 7.11 Å². The number of hydrogen-bond acceptors (Lipinski definition) is 3. The van der Waals surface area contributed by atoms with Gasteiger partial charge in [-0.3, -0.25) is 4.79 Å². The minimum atomic E-state index is -0.0762. The minimum Gasteiger partial charge on any atom is -0.384 e. The number of methoxy groups -OCH3 is 1. The number of likely N-dealkylation sites (tertiary alicyclic amines) is 1. The molecule has 1 unspecified atom stereocenters. The summed E-state index contributed by atoms with van der Waals surface area (Å²) in [4.78, 5) is 15.3. The van der Waals surface area contributed by atoms with Crippen LogP contribution in [0.4, 0.5) is 0 Å². The van der Waals surface area contributed by atoms with E-state index in [4.69, 9.17) is 4.74 Å². The van der Waals surface area contributed by atoms with E-state index >= 15 is 0 Å². The lowest BCUT2D eigenvalue weighted by atomic mass is 9.67. The standard InChI is InChI=1S/C16H28N2O2/c1-20-11-13-5-4-8-18(10-13)15(19)16-7-3-2-6-14(16)9-17-12-16/h13-14,17H,2-12H2,1H3/t13?,14-,16+/m0/s1. The summed E-state index contributed by atoms with van der Waals surface area (Å²) in [7, 11) is 1.76. The van der Waals surface area contributed by atoms with Gasteiger partial charge in [-0.15, -0.1) is 0 Å². The van der Waals surface area contributed by atoms with E-state index in [0.29, 0.717) is 17.7 Å². The molecule has 1 aliphatic carbocycles. The summed E-state index contributed by atoms with van der Waals surface area (Å²) in [6.45, 7) is 4.59. The highest BCUT2D eigenvalue weighted by Crippen LogP contribution is 2.45. The molecule has 2 saturated heterocycles. The molecule has 3 aliphatic rings. The number of piperidine rings is 1. The number of carbonyl (C=O) groups excluding carboxylic acids is 1. The minimum absolute atomic E-state index is 0.0762. The molecule has 114 valence electrons. The van der Waals surface area contributed by atoms with Crippen molar-refractivity contribution in [3.8, 4) is 0 Å². The first-order valence-corrected chi connectivity index (χ1v) is 8.25. The summed E-state index contributed by atoms with van der Waals surface area (Å²) in [6.07, 6.45) is 7.18. The largest absolute Gasteiger partial charge is 0.384 e. The average Bonchev–Trinajstić information content (AvgIpc) is 2.92. The first kappa shape index (κ1) is 14.3. The Balaban J connectivity index is 1.70. The van der Waals surface area contributed by atoms with E-state index in [-0.39, 0.29) is 5.41 Å². The molecule has 1 amide bonds. The van der Waals surface area contributed by atoms with Crippen molar-refractivity contribution in [3.63, 3.8) is 0 Å². The molecule has 4 nitrogen and oxygen atoms in total. The number of nitrogens with zero attached hydrogens (tertiary/aromatic N) is 1. The normalized spacial score (nSPS) is 37.8. The van der Waals surface area contributed by atoms with Gasteiger partial charge in [0.1, 0.15) is 0 Å². The predicted molar refractivity (Wildman–Crippen MR) is 78.4 cm³/mol. The third-order valence-electron chi connectivity index (χ3n) is 5.67. The van der Waals surface area contributed by atoms with E-state index < -0.39 is 0 Å². The molecule has 0 aromatic rings. The van der Waals surface area contributed by atoms with E-state index in [9.17, 15) is 4.79 Å². The quantitative estimate of drug-likeness (QED) is 0.855. The van der Waals surface area contributed by atoms with Gasteiger partial charge in [0.15, 0.2) is 0 Å². The molecule has 2 heterocycles. The lowest BCUT2D eigenvalue weighted by Crippen LogP contribution is -2.52. The molecule has 3 fully saturated rings. The monoisotopic (exact) mass is 280 g/mol. The number of ether oxygens (including phenoxy) is 1. The van der Waals surface area contributed by atoms with Crippen molar-refractivity contribution >= 4 is 5.91 Å². The lowest BCUT2D eigenvalue weighted by Gasteiger charge is -2.43. The van der Waals surface area contributed by atoms with Crippen LogP contribution >= 0.6 is 0 Å². The van der Waals surface area contributed by atoms with Crippen molar-refractivity contribution in [1.29, 1.82) is 0 Å². The summed E-state index contributed by atoms with van der Waals surface area (Å²) >= 11 is 0. The smallest absolute Gasteiger partial charge is 0.230 e. The Labute approximate surface area is 122 Å². The molecule has 0 spiro atoms. The SMILES string of the molecule is COCC1CCCN(C(=O)[C@@]23CCCC[C@H]2CNC3)C1. The van der Waals surface area contributed by atoms with Gasteiger partial charge in [0, 0.05) is 26.7 Å². The van der Waals surface area contributed by atoms with Crippen molar-refractivity contribution in [2.24, 2.45) is 17.3 Å². The molecule has 20 heavy (non-hydrogen) atoms. The summed E-state index contributed by atoms with van der Waals surface area (Å²) < 4.78 is 5.29. The summed E-state index contributed by atoms with van der Waals surface area (Å²) in [5.41, 5.74) is -0.0762. The van der Waals surface area contributed by atoms with Crippen LogP contribution in [0.3, 0.4) is 0 Å². The number of rotatable bonds is 3. The van der Waals surface area contributed by atoms with Gasteiger partial charge in [-0.05, 0) is 44.1 Å². The number of nitrogens with one attached hydrogen (secondary N) is 1. The maximum Gasteiger partial charge on any atom is 0.230 e. The third kappa shape index (κ3) is 2.48. The number of carbonyl (C=O) groups is 1. The highest BCUT2D eigenvalue weighted by molar-refractivity contribution is 5.84. The van der Waals surface area contributed by atoms with Crippen LogP contribution in [0.1, 0.15) is 38.5 Å². The van der Waals surface area contributed by atoms with Crippen LogP contribution in [0.25, 0.3) is 0 Å². The van der Waals surface area contributed by atoms with Crippen LogP contribution in [-0.4, -0.2) is 50.7 Å². The first-order chi connectivity index (χ1) is 9.76. The second kappa shape index (κ2) is 6.02. The molecule has 0 radical (unpaired) electrons. The van der Waals surface area contributed by atoms with E-state index in [1.807, 2.05) is 0 Å². The van der Waals surface area contributed by atoms with Gasteiger partial charge >= 0.3 is 0 Å². The molecule has 1 saturated carbocycles. The van der Waals surface area contributed by atoms with E-state index in [1.165, 1.54) is 25.7 Å². The van der Waals surface area contributed by atoms with Crippen molar-refractivity contribution in [3.05, 3.63) is 0 Å². The van der Waals surface area contributed by atoms with Gasteiger partial charge in [0.25, 0.3) is 0 Å². The summed E-state index contributed by atoms with van der Waals surface area (Å²) in [6, 6.07) is 0. The molecule has 4 heteroatoms. The Hall–Kier alpha value is -0.610. The van der Waals surface area contributed by atoms with Crippen LogP contribution in [0.2, 0.25) is 0 Å². The molecule has 0 bridgehead atoms. The number of fused-ring (bicyclic) bond motifs is 1. The molecule has 3 atom stereocenters. The fourth-order valence-corrected chi connectivity index (χ4v) is 4.60. The fourth-order valence-electron chi connectivity index (χ4n) is 4.60. The van der Waals surface area contributed by atoms with Crippen molar-refractivity contribution in [1.82, 2.24) is 10.2 Å². The zero-order chi connectivity index (χ0) is 14.0. The van der Waals surface area contributed by atoms with Gasteiger partial charge in [0.05, 0.1) is 12.0 Å². The van der Waals surface area contributed by atoms with E-state index in [2.05, 4.69) is 10.2 Å². The van der Waals surface area contributed by atoms with Gasteiger partial charge in [-0.1, -0.05) is 12.8 Å². The Kier molecular flexibility index (Phi) is 4.32. The van der Waals surface area contributed by atoms with Crippen molar-refractivity contribution in [2.45, 2.75) is 38.5 Å². The molecule has 0 aromatic carbocycles. The molecule has 3 rings (SSSR count). The Morgan fingerprint density at radius 1 is 1.35 bits per heavy atom. The van der Waals surface area contributed by atoms with Crippen LogP contribution in [0.5, 0.6) is 0 Å². The second-order valence-corrected chi connectivity index (χ2v) is 6.94. The third-order valence-corrected chi connectivity index (χ3v) is 5.67. The Morgan fingerprint density at radius 2 is 2.25 bits per heavy atom. The number of hydrogen-bond donors (Lipinski definition) is 1. The molecule has 2 aliphatic heterocycles. The molecule has 0 aromatic heterocycles. The topological polar surface area (TPSA) is 41.6 Å². The van der Waals surface area contributed by atoms with Crippen molar-refractivity contribution in [2.75, 3.05) is 39.9 Å². The Morgan fingerprint density at radius 3 is 3.10 bits per heavy atom. The summed E-state index contributed by atoms with van der Waals surface area (Å²) in [5, 5.41) is 3.49. The molecular formula is C16H28N2O2. The van der Waals surface area contributed by atoms with Crippen LogP contribution in [-0.2, 0) is 9.53 Å². The highest BCUT2D eigenvalue weighted by Gasteiger charge is 2.51. The zero-order valence-corrected chi connectivity index (χ0v) is 12.7. The maximum absolute atomic E-state index is 13.2. The predicted octanol–water partition coefficient (Wildman–Crippen LogP) is 1.65. The number of amides is 1. The second-order valence-electron chi connectivity index (χ2n) is 6.94. The van der Waals surface area contributed by atoms with E-state index in [0.717, 1.165) is 45.6 Å².